The number of likely N-dealkylation sites (tertiary alicyclic amines) is 1. The summed E-state index contributed by atoms with van der Waals surface area (Å²) >= 11 is 0. The molecule has 2 saturated heterocycles. The van der Waals surface area contributed by atoms with Crippen molar-refractivity contribution in [1.29, 1.82) is 0 Å². The number of carbonyl (C=O) groups is 1. The van der Waals surface area contributed by atoms with Crippen LogP contribution in [0.4, 0.5) is 0 Å². The number of hydrogen-bond acceptors (Lipinski definition) is 5. The third kappa shape index (κ3) is 4.42. The quantitative estimate of drug-likeness (QED) is 0.778. The van der Waals surface area contributed by atoms with Crippen molar-refractivity contribution < 1.29 is 9.53 Å². The Morgan fingerprint density at radius 2 is 1.87 bits per heavy atom. The Kier molecular flexibility index (Phi) is 5.46. The van der Waals surface area contributed by atoms with E-state index in [0.29, 0.717) is 11.8 Å². The molecular weight excluding hydrogens is 292 g/mol. The van der Waals surface area contributed by atoms with Gasteiger partial charge >= 0.3 is 0 Å². The van der Waals surface area contributed by atoms with Gasteiger partial charge in [-0.1, -0.05) is 6.07 Å². The number of piperazine rings is 1. The molecule has 0 N–H and O–H groups in total. The second-order valence-corrected chi connectivity index (χ2v) is 6.27. The smallest absolute Gasteiger partial charge is 0.222 e. The lowest BCUT2D eigenvalue weighted by molar-refractivity contribution is -0.127. The van der Waals surface area contributed by atoms with Crippen LogP contribution in [0.15, 0.2) is 18.2 Å². The Morgan fingerprint density at radius 1 is 1.09 bits per heavy atom. The molecule has 0 bridgehead atoms. The number of amides is 1. The zero-order valence-corrected chi connectivity index (χ0v) is 13.9. The summed E-state index contributed by atoms with van der Waals surface area (Å²) in [6.45, 7) is 7.92. The Morgan fingerprint density at radius 3 is 2.57 bits per heavy atom. The van der Waals surface area contributed by atoms with E-state index in [-0.39, 0.29) is 0 Å². The highest BCUT2D eigenvalue weighted by Crippen LogP contribution is 2.12. The molecule has 2 fully saturated rings. The fourth-order valence-corrected chi connectivity index (χ4v) is 3.26. The van der Waals surface area contributed by atoms with Gasteiger partial charge in [0, 0.05) is 64.8 Å². The van der Waals surface area contributed by atoms with Crippen LogP contribution < -0.4 is 4.74 Å². The molecule has 0 spiro atoms. The fraction of sp³-hybridized carbons (Fsp3) is 0.647. The summed E-state index contributed by atoms with van der Waals surface area (Å²) in [6, 6.07) is 5.92. The lowest BCUT2D eigenvalue weighted by Gasteiger charge is -2.35. The molecule has 0 atom stereocenters. The number of ether oxygens (including phenoxy) is 1. The van der Waals surface area contributed by atoms with Crippen LogP contribution in [-0.4, -0.2) is 78.5 Å². The first-order valence-electron chi connectivity index (χ1n) is 8.47. The van der Waals surface area contributed by atoms with E-state index >= 15 is 0 Å². The molecule has 0 unspecified atom stereocenters. The van der Waals surface area contributed by atoms with Gasteiger partial charge in [0.2, 0.25) is 11.8 Å². The van der Waals surface area contributed by atoms with Crippen LogP contribution in [-0.2, 0) is 11.3 Å². The average Bonchev–Trinajstić information content (AvgIpc) is 2.99. The molecule has 0 saturated carbocycles. The molecule has 2 aliphatic heterocycles. The molecule has 0 aliphatic carbocycles. The van der Waals surface area contributed by atoms with E-state index in [1.165, 1.54) is 0 Å². The zero-order chi connectivity index (χ0) is 16.1. The van der Waals surface area contributed by atoms with E-state index in [0.717, 1.165) is 70.9 Å². The van der Waals surface area contributed by atoms with Crippen molar-refractivity contribution in [3.63, 3.8) is 0 Å². The van der Waals surface area contributed by atoms with Crippen LogP contribution in [0, 0.1) is 0 Å². The van der Waals surface area contributed by atoms with Crippen molar-refractivity contribution in [3.8, 4) is 5.88 Å². The molecule has 1 aromatic heterocycles. The van der Waals surface area contributed by atoms with Crippen molar-refractivity contribution in [3.05, 3.63) is 23.9 Å². The maximum atomic E-state index is 11.6. The van der Waals surface area contributed by atoms with Gasteiger partial charge < -0.3 is 9.64 Å². The zero-order valence-electron chi connectivity index (χ0n) is 13.9. The third-order valence-electron chi connectivity index (χ3n) is 4.70. The largest absolute Gasteiger partial charge is 0.481 e. The normalized spacial score (nSPS) is 20.2. The molecule has 2 aliphatic rings. The van der Waals surface area contributed by atoms with Crippen LogP contribution in [0.3, 0.4) is 0 Å². The molecule has 126 valence electrons. The molecule has 3 rings (SSSR count). The second kappa shape index (κ2) is 7.75. The summed E-state index contributed by atoms with van der Waals surface area (Å²) < 4.78 is 5.18. The van der Waals surface area contributed by atoms with E-state index in [9.17, 15) is 4.79 Å². The van der Waals surface area contributed by atoms with Gasteiger partial charge in [0.15, 0.2) is 0 Å². The Bertz CT molecular complexity index is 529. The van der Waals surface area contributed by atoms with Gasteiger partial charge in [-0.2, -0.15) is 0 Å². The number of pyridine rings is 1. The maximum absolute atomic E-state index is 11.6. The monoisotopic (exact) mass is 318 g/mol. The minimum absolute atomic E-state index is 0.327. The van der Waals surface area contributed by atoms with Gasteiger partial charge in [-0.05, 0) is 12.5 Å². The van der Waals surface area contributed by atoms with Crippen molar-refractivity contribution in [2.24, 2.45) is 0 Å². The van der Waals surface area contributed by atoms with Gasteiger partial charge in [0.05, 0.1) is 12.8 Å². The summed E-state index contributed by atoms with van der Waals surface area (Å²) in [5, 5.41) is 0. The molecular formula is C17H26N4O2. The first-order valence-corrected chi connectivity index (χ1v) is 8.47. The summed E-state index contributed by atoms with van der Waals surface area (Å²) in [7, 11) is 1.65. The predicted octanol–water partition coefficient (Wildman–Crippen LogP) is 0.830. The highest BCUT2D eigenvalue weighted by molar-refractivity contribution is 5.78. The lowest BCUT2D eigenvalue weighted by Crippen LogP contribution is -2.48. The van der Waals surface area contributed by atoms with Gasteiger partial charge in [-0.25, -0.2) is 4.98 Å². The molecule has 0 aromatic carbocycles. The van der Waals surface area contributed by atoms with Crippen molar-refractivity contribution in [2.75, 3.05) is 52.9 Å². The van der Waals surface area contributed by atoms with Gasteiger partial charge in [0.25, 0.3) is 0 Å². The topological polar surface area (TPSA) is 48.9 Å². The fourth-order valence-electron chi connectivity index (χ4n) is 3.26. The van der Waals surface area contributed by atoms with E-state index in [1.807, 2.05) is 23.1 Å². The van der Waals surface area contributed by atoms with Crippen LogP contribution in [0.25, 0.3) is 0 Å². The van der Waals surface area contributed by atoms with E-state index in [4.69, 9.17) is 4.74 Å². The Labute approximate surface area is 138 Å². The molecule has 6 nitrogen and oxygen atoms in total. The van der Waals surface area contributed by atoms with Gasteiger partial charge in [0.1, 0.15) is 0 Å². The van der Waals surface area contributed by atoms with E-state index < -0.39 is 0 Å². The summed E-state index contributed by atoms with van der Waals surface area (Å²) in [4.78, 5) is 23.0. The van der Waals surface area contributed by atoms with Crippen LogP contribution >= 0.6 is 0 Å². The molecule has 23 heavy (non-hydrogen) atoms. The Balaban J connectivity index is 1.40. The minimum atomic E-state index is 0.327. The third-order valence-corrected chi connectivity index (χ3v) is 4.70. The maximum Gasteiger partial charge on any atom is 0.222 e. The first-order chi connectivity index (χ1) is 11.2. The van der Waals surface area contributed by atoms with Crippen LogP contribution in [0.5, 0.6) is 5.88 Å². The second-order valence-electron chi connectivity index (χ2n) is 6.27. The van der Waals surface area contributed by atoms with E-state index in [2.05, 4.69) is 14.8 Å². The first kappa shape index (κ1) is 16.2. The van der Waals surface area contributed by atoms with Crippen LogP contribution in [0.1, 0.15) is 18.5 Å². The Hall–Kier alpha value is -1.66. The van der Waals surface area contributed by atoms with Crippen molar-refractivity contribution in [1.82, 2.24) is 19.7 Å². The van der Waals surface area contributed by atoms with Crippen molar-refractivity contribution >= 4 is 5.91 Å². The predicted molar refractivity (Wildman–Crippen MR) is 88.3 cm³/mol. The number of carbonyl (C=O) groups excluding carboxylic acids is 1. The number of hydrogen-bond donors (Lipinski definition) is 0. The van der Waals surface area contributed by atoms with E-state index in [1.54, 1.807) is 7.11 Å². The highest BCUT2D eigenvalue weighted by atomic mass is 16.5. The number of aromatic nitrogens is 1. The lowest BCUT2D eigenvalue weighted by atomic mass is 10.2. The molecule has 1 amide bonds. The molecule has 1 aromatic rings. The van der Waals surface area contributed by atoms with Crippen LogP contribution in [0.2, 0.25) is 0 Å². The highest BCUT2D eigenvalue weighted by Gasteiger charge is 2.22. The standard InChI is InChI=1S/C17H26N4O2/c1-23-16-5-2-4-15(18-16)14-20-10-8-19(9-11-20)12-13-21-7-3-6-17(21)22/h2,4-5H,3,6-14H2,1H3. The average molecular weight is 318 g/mol. The summed E-state index contributed by atoms with van der Waals surface area (Å²) in [5.41, 5.74) is 1.06. The molecule has 6 heteroatoms. The number of nitrogens with zero attached hydrogens (tertiary/aromatic N) is 4. The minimum Gasteiger partial charge on any atom is -0.481 e. The van der Waals surface area contributed by atoms with Crippen molar-refractivity contribution in [2.45, 2.75) is 19.4 Å². The summed E-state index contributed by atoms with van der Waals surface area (Å²) in [6.07, 6.45) is 1.77. The summed E-state index contributed by atoms with van der Waals surface area (Å²) in [5.74, 6) is 1.00. The SMILES string of the molecule is COc1cccc(CN2CCN(CCN3CCCC3=O)CC2)n1. The number of methoxy groups -OCH3 is 1. The molecule has 0 radical (unpaired) electrons. The van der Waals surface area contributed by atoms with Gasteiger partial charge in [-0.3, -0.25) is 14.6 Å². The number of rotatable bonds is 6. The molecule has 3 heterocycles. The van der Waals surface area contributed by atoms with Gasteiger partial charge in [-0.15, -0.1) is 0 Å².